The van der Waals surface area contributed by atoms with E-state index in [9.17, 15) is 13.2 Å². The van der Waals surface area contributed by atoms with Crippen LogP contribution in [0.5, 0.6) is 11.5 Å². The Labute approximate surface area is 158 Å². The molecule has 0 atom stereocenters. The minimum atomic E-state index is -3.74. The number of benzene rings is 2. The zero-order chi connectivity index (χ0) is 20.0. The summed E-state index contributed by atoms with van der Waals surface area (Å²) in [5.41, 5.74) is 0.956. The molecule has 27 heavy (non-hydrogen) atoms. The first-order valence-electron chi connectivity index (χ1n) is 7.78. The molecule has 2 aromatic carbocycles. The number of nitrogens with one attached hydrogen (secondary N) is 1. The fraction of sp³-hybridized carbons (Fsp3) is 0.222. The average Bonchev–Trinajstić information content (AvgIpc) is 2.65. The van der Waals surface area contributed by atoms with E-state index in [1.807, 2.05) is 6.07 Å². The van der Waals surface area contributed by atoms with Crippen LogP contribution in [0.15, 0.2) is 42.5 Å². The zero-order valence-electron chi connectivity index (χ0n) is 15.1. The number of carbonyl (C=O) groups excluding carboxylic acids is 1. The number of ether oxygens (including phenoxy) is 2. The van der Waals surface area contributed by atoms with Crippen LogP contribution in [-0.2, 0) is 14.8 Å². The second kappa shape index (κ2) is 8.42. The molecule has 1 N–H and O–H groups in total. The van der Waals surface area contributed by atoms with Gasteiger partial charge in [0.2, 0.25) is 15.9 Å². The molecule has 0 aliphatic heterocycles. The third-order valence-electron chi connectivity index (χ3n) is 3.62. The number of hydrogen-bond acceptors (Lipinski definition) is 6. The van der Waals surface area contributed by atoms with Crippen LogP contribution in [0.25, 0.3) is 0 Å². The third-order valence-corrected chi connectivity index (χ3v) is 4.76. The molecular formula is C18H19N3O5S. The van der Waals surface area contributed by atoms with Crippen LogP contribution < -0.4 is 19.1 Å². The Balaban J connectivity index is 2.23. The maximum Gasteiger partial charge on any atom is 0.245 e. The van der Waals surface area contributed by atoms with Crippen molar-refractivity contribution in [2.24, 2.45) is 0 Å². The van der Waals surface area contributed by atoms with Gasteiger partial charge >= 0.3 is 0 Å². The van der Waals surface area contributed by atoms with Gasteiger partial charge in [-0.1, -0.05) is 6.07 Å². The molecule has 0 fully saturated rings. The lowest BCUT2D eigenvalue weighted by atomic mass is 10.2. The normalized spacial score (nSPS) is 10.6. The lowest BCUT2D eigenvalue weighted by Gasteiger charge is -2.22. The molecule has 0 spiro atoms. The Hall–Kier alpha value is -3.25. The minimum absolute atomic E-state index is 0.235. The Bertz CT molecular complexity index is 983. The van der Waals surface area contributed by atoms with Crippen LogP contribution in [-0.4, -0.2) is 41.3 Å². The molecule has 0 aromatic heterocycles. The van der Waals surface area contributed by atoms with E-state index >= 15 is 0 Å². The van der Waals surface area contributed by atoms with Crippen LogP contribution >= 0.6 is 0 Å². The monoisotopic (exact) mass is 389 g/mol. The summed E-state index contributed by atoms with van der Waals surface area (Å²) in [6.07, 6.45) is 0.996. The minimum Gasteiger partial charge on any atom is -0.493 e. The topological polar surface area (TPSA) is 109 Å². The van der Waals surface area contributed by atoms with Crippen molar-refractivity contribution in [3.05, 3.63) is 48.0 Å². The van der Waals surface area contributed by atoms with E-state index in [-0.39, 0.29) is 5.69 Å². The van der Waals surface area contributed by atoms with Crippen molar-refractivity contribution < 1.29 is 22.7 Å². The highest BCUT2D eigenvalue weighted by molar-refractivity contribution is 7.92. The number of methoxy groups -OCH3 is 2. The van der Waals surface area contributed by atoms with Crippen molar-refractivity contribution in [2.75, 3.05) is 36.6 Å². The molecule has 2 rings (SSSR count). The van der Waals surface area contributed by atoms with Gasteiger partial charge in [-0.15, -0.1) is 0 Å². The molecule has 0 aliphatic carbocycles. The maximum absolute atomic E-state index is 12.4. The molecule has 0 unspecified atom stereocenters. The van der Waals surface area contributed by atoms with Gasteiger partial charge in [-0.05, 0) is 30.3 Å². The second-order valence-corrected chi connectivity index (χ2v) is 7.46. The number of nitriles is 1. The highest BCUT2D eigenvalue weighted by atomic mass is 32.2. The summed E-state index contributed by atoms with van der Waals surface area (Å²) in [6, 6.07) is 12.8. The van der Waals surface area contributed by atoms with Gasteiger partial charge in [0.25, 0.3) is 0 Å². The molecule has 2 aromatic rings. The lowest BCUT2D eigenvalue weighted by Crippen LogP contribution is -2.37. The first kappa shape index (κ1) is 20.1. The number of sulfonamides is 1. The summed E-state index contributed by atoms with van der Waals surface area (Å²) >= 11 is 0. The highest BCUT2D eigenvalue weighted by Gasteiger charge is 2.21. The van der Waals surface area contributed by atoms with E-state index in [0.717, 1.165) is 10.6 Å². The number of nitrogens with zero attached hydrogens (tertiary/aromatic N) is 2. The van der Waals surface area contributed by atoms with E-state index in [2.05, 4.69) is 5.32 Å². The molecule has 0 heterocycles. The third kappa shape index (κ3) is 5.12. The number of carbonyl (C=O) groups is 1. The quantitative estimate of drug-likeness (QED) is 0.776. The zero-order valence-corrected chi connectivity index (χ0v) is 15.9. The summed E-state index contributed by atoms with van der Waals surface area (Å²) in [5.74, 6) is 0.383. The van der Waals surface area contributed by atoms with Crippen LogP contribution in [0.3, 0.4) is 0 Å². The van der Waals surface area contributed by atoms with Gasteiger partial charge in [0, 0.05) is 11.8 Å². The van der Waals surface area contributed by atoms with E-state index in [0.29, 0.717) is 22.7 Å². The van der Waals surface area contributed by atoms with Crippen LogP contribution in [0.1, 0.15) is 5.56 Å². The van der Waals surface area contributed by atoms with Crippen molar-refractivity contribution in [1.82, 2.24) is 0 Å². The summed E-state index contributed by atoms with van der Waals surface area (Å²) < 4.78 is 35.5. The molecule has 0 bridgehead atoms. The van der Waals surface area contributed by atoms with Crippen LogP contribution in [0.4, 0.5) is 11.4 Å². The molecule has 0 saturated heterocycles. The number of hydrogen-bond donors (Lipinski definition) is 1. The summed E-state index contributed by atoms with van der Waals surface area (Å²) in [7, 11) is -0.771. The van der Waals surface area contributed by atoms with Crippen molar-refractivity contribution in [3.8, 4) is 17.6 Å². The SMILES string of the molecule is COc1ccc(NC(=O)CN(c2cccc(C#N)c2)S(C)(=O)=O)cc1OC. The van der Waals surface area contributed by atoms with Gasteiger partial charge in [0.05, 0.1) is 37.8 Å². The summed E-state index contributed by atoms with van der Waals surface area (Å²) in [4.78, 5) is 12.4. The molecule has 1 amide bonds. The van der Waals surface area contributed by atoms with Crippen molar-refractivity contribution >= 4 is 27.3 Å². The van der Waals surface area contributed by atoms with Crippen molar-refractivity contribution in [3.63, 3.8) is 0 Å². The average molecular weight is 389 g/mol. The first-order chi connectivity index (χ1) is 12.8. The molecule has 9 heteroatoms. The van der Waals surface area contributed by atoms with E-state index in [1.165, 1.54) is 26.4 Å². The lowest BCUT2D eigenvalue weighted by molar-refractivity contribution is -0.114. The first-order valence-corrected chi connectivity index (χ1v) is 9.63. The van der Waals surface area contributed by atoms with Gasteiger partial charge < -0.3 is 14.8 Å². The largest absolute Gasteiger partial charge is 0.493 e. The Morgan fingerprint density at radius 3 is 2.44 bits per heavy atom. The predicted octanol–water partition coefficient (Wildman–Crippen LogP) is 1.98. The second-order valence-electron chi connectivity index (χ2n) is 5.55. The maximum atomic E-state index is 12.4. The van der Waals surface area contributed by atoms with Gasteiger partial charge in [-0.25, -0.2) is 8.42 Å². The van der Waals surface area contributed by atoms with Crippen molar-refractivity contribution in [2.45, 2.75) is 0 Å². The summed E-state index contributed by atoms with van der Waals surface area (Å²) in [5, 5.41) is 11.6. The van der Waals surface area contributed by atoms with Gasteiger partial charge in [-0.3, -0.25) is 9.10 Å². The van der Waals surface area contributed by atoms with E-state index in [4.69, 9.17) is 14.7 Å². The smallest absolute Gasteiger partial charge is 0.245 e. The molecule has 8 nitrogen and oxygen atoms in total. The van der Waals surface area contributed by atoms with Crippen LogP contribution in [0.2, 0.25) is 0 Å². The Morgan fingerprint density at radius 2 is 1.85 bits per heavy atom. The van der Waals surface area contributed by atoms with E-state index in [1.54, 1.807) is 30.3 Å². The van der Waals surface area contributed by atoms with Gasteiger partial charge in [0.15, 0.2) is 11.5 Å². The molecule has 0 aliphatic rings. The summed E-state index contributed by atoms with van der Waals surface area (Å²) in [6.45, 7) is -0.442. The number of amides is 1. The molecule has 0 radical (unpaired) electrons. The Kier molecular flexibility index (Phi) is 6.26. The van der Waals surface area contributed by atoms with Gasteiger partial charge in [0.1, 0.15) is 6.54 Å². The highest BCUT2D eigenvalue weighted by Crippen LogP contribution is 2.29. The number of rotatable bonds is 7. The fourth-order valence-electron chi connectivity index (χ4n) is 2.38. The van der Waals surface area contributed by atoms with Gasteiger partial charge in [-0.2, -0.15) is 5.26 Å². The molecule has 0 saturated carbocycles. The van der Waals surface area contributed by atoms with Crippen LogP contribution in [0, 0.1) is 11.3 Å². The van der Waals surface area contributed by atoms with E-state index < -0.39 is 22.5 Å². The molecule has 142 valence electrons. The fourth-order valence-corrected chi connectivity index (χ4v) is 3.22. The number of anilines is 2. The molecular weight excluding hydrogens is 370 g/mol. The predicted molar refractivity (Wildman–Crippen MR) is 102 cm³/mol. The Morgan fingerprint density at radius 1 is 1.15 bits per heavy atom. The standard InChI is InChI=1S/C18H19N3O5S/c1-25-16-8-7-14(10-17(16)26-2)20-18(22)12-21(27(3,23)24)15-6-4-5-13(9-15)11-19/h4-10H,12H2,1-3H3,(H,20,22). The van der Waals surface area contributed by atoms with Crippen molar-refractivity contribution in [1.29, 1.82) is 5.26 Å².